The number of nitrogens with zero attached hydrogens (tertiary/aromatic N) is 2. The highest BCUT2D eigenvalue weighted by atomic mass is 79.9. The molecule has 1 aromatic carbocycles. The molecule has 2 amide bonds. The third kappa shape index (κ3) is 3.95. The van der Waals surface area contributed by atoms with Crippen molar-refractivity contribution < 1.29 is 14.7 Å². The molecule has 7 heteroatoms. The summed E-state index contributed by atoms with van der Waals surface area (Å²) in [5.74, 6) is -0.553. The molecule has 1 aliphatic heterocycles. The van der Waals surface area contributed by atoms with E-state index < -0.39 is 0 Å². The van der Waals surface area contributed by atoms with Crippen LogP contribution in [-0.2, 0) is 4.79 Å². The van der Waals surface area contributed by atoms with Crippen molar-refractivity contribution in [2.24, 2.45) is 0 Å². The van der Waals surface area contributed by atoms with E-state index >= 15 is 0 Å². The van der Waals surface area contributed by atoms with E-state index in [2.05, 4.69) is 21.2 Å². The number of phenolic OH excluding ortho intramolecular Hbond substituents is 1. The van der Waals surface area contributed by atoms with Crippen LogP contribution in [0.5, 0.6) is 5.75 Å². The number of phenols is 1. The van der Waals surface area contributed by atoms with Crippen LogP contribution in [0, 0.1) is 0 Å². The molecule has 1 saturated heterocycles. The highest BCUT2D eigenvalue weighted by molar-refractivity contribution is 9.10. The van der Waals surface area contributed by atoms with Crippen LogP contribution in [0.2, 0.25) is 0 Å². The van der Waals surface area contributed by atoms with E-state index in [1.807, 2.05) is 0 Å². The molecule has 1 aliphatic rings. The number of rotatable bonds is 3. The summed E-state index contributed by atoms with van der Waals surface area (Å²) in [5.41, 5.74) is 0.189. The molecule has 0 spiro atoms. The van der Waals surface area contributed by atoms with Crippen LogP contribution in [0.15, 0.2) is 22.7 Å². The normalized spacial score (nSPS) is 14.9. The van der Waals surface area contributed by atoms with Crippen molar-refractivity contribution in [3.63, 3.8) is 0 Å². The molecule has 21 heavy (non-hydrogen) atoms. The second-order valence-corrected chi connectivity index (χ2v) is 5.87. The van der Waals surface area contributed by atoms with E-state index in [9.17, 15) is 14.7 Å². The zero-order chi connectivity index (χ0) is 15.4. The molecular weight excluding hydrogens is 338 g/mol. The van der Waals surface area contributed by atoms with Crippen LogP contribution in [0.25, 0.3) is 0 Å². The second-order valence-electron chi connectivity index (χ2n) is 4.95. The fourth-order valence-corrected chi connectivity index (χ4v) is 2.53. The first kappa shape index (κ1) is 15.8. The molecule has 1 aromatic rings. The van der Waals surface area contributed by atoms with Crippen LogP contribution in [0.1, 0.15) is 10.4 Å². The summed E-state index contributed by atoms with van der Waals surface area (Å²) in [7, 11) is 1.56. The maximum absolute atomic E-state index is 12.3. The van der Waals surface area contributed by atoms with E-state index in [0.29, 0.717) is 17.6 Å². The van der Waals surface area contributed by atoms with Crippen LogP contribution >= 0.6 is 15.9 Å². The molecule has 2 rings (SSSR count). The molecule has 0 bridgehead atoms. The number of piperazine rings is 1. The third-order valence-electron chi connectivity index (χ3n) is 3.38. The van der Waals surface area contributed by atoms with E-state index in [1.165, 1.54) is 17.0 Å². The van der Waals surface area contributed by atoms with Crippen molar-refractivity contribution in [3.05, 3.63) is 28.2 Å². The number of aromatic hydroxyl groups is 1. The Labute approximate surface area is 131 Å². The number of nitrogens with one attached hydrogen (secondary N) is 1. The zero-order valence-corrected chi connectivity index (χ0v) is 13.4. The summed E-state index contributed by atoms with van der Waals surface area (Å²) in [6.07, 6.45) is 0. The van der Waals surface area contributed by atoms with Crippen LogP contribution in [-0.4, -0.2) is 66.5 Å². The molecule has 1 fully saturated rings. The molecular formula is C14H18BrN3O3. The van der Waals surface area contributed by atoms with E-state index in [4.69, 9.17) is 0 Å². The Bertz CT molecular complexity index is 544. The number of amides is 2. The number of carbonyl (C=O) groups is 2. The standard InChI is InChI=1S/C14H18BrN3O3/c1-17(9-13(20)18-6-4-16-5-7-18)14(21)11-3-2-10(15)8-12(11)19/h2-3,8,16,19H,4-7,9H2,1H3. The zero-order valence-electron chi connectivity index (χ0n) is 11.8. The Kier molecular flexibility index (Phi) is 5.19. The van der Waals surface area contributed by atoms with Gasteiger partial charge < -0.3 is 20.2 Å². The van der Waals surface area contributed by atoms with Gasteiger partial charge >= 0.3 is 0 Å². The molecule has 0 atom stereocenters. The summed E-state index contributed by atoms with van der Waals surface area (Å²) in [6.45, 7) is 2.87. The maximum Gasteiger partial charge on any atom is 0.257 e. The molecule has 6 nitrogen and oxygen atoms in total. The lowest BCUT2D eigenvalue weighted by Gasteiger charge is -2.29. The van der Waals surface area contributed by atoms with Gasteiger partial charge in [-0.1, -0.05) is 15.9 Å². The van der Waals surface area contributed by atoms with Crippen molar-refractivity contribution in [3.8, 4) is 5.75 Å². The molecule has 1 heterocycles. The summed E-state index contributed by atoms with van der Waals surface area (Å²) in [5, 5.41) is 13.0. The highest BCUT2D eigenvalue weighted by Crippen LogP contribution is 2.23. The lowest BCUT2D eigenvalue weighted by Crippen LogP contribution is -2.49. The summed E-state index contributed by atoms with van der Waals surface area (Å²) in [6, 6.07) is 4.67. The van der Waals surface area contributed by atoms with Gasteiger partial charge in [0.1, 0.15) is 5.75 Å². The summed E-state index contributed by atoms with van der Waals surface area (Å²) < 4.78 is 0.691. The van der Waals surface area contributed by atoms with Crippen LogP contribution in [0.3, 0.4) is 0 Å². The minimum atomic E-state index is -0.372. The van der Waals surface area contributed by atoms with Crippen LogP contribution < -0.4 is 5.32 Å². The van der Waals surface area contributed by atoms with E-state index in [1.54, 1.807) is 18.0 Å². The highest BCUT2D eigenvalue weighted by Gasteiger charge is 2.22. The Morgan fingerprint density at radius 1 is 1.38 bits per heavy atom. The summed E-state index contributed by atoms with van der Waals surface area (Å²) >= 11 is 3.22. The van der Waals surface area contributed by atoms with Crippen molar-refractivity contribution in [1.82, 2.24) is 15.1 Å². The first-order chi connectivity index (χ1) is 9.99. The largest absolute Gasteiger partial charge is 0.507 e. The summed E-state index contributed by atoms with van der Waals surface area (Å²) in [4.78, 5) is 27.4. The second kappa shape index (κ2) is 6.91. The Hall–Kier alpha value is -1.60. The van der Waals surface area contributed by atoms with Crippen molar-refractivity contribution in [1.29, 1.82) is 0 Å². The minimum Gasteiger partial charge on any atom is -0.507 e. The molecule has 0 radical (unpaired) electrons. The van der Waals surface area contributed by atoms with Gasteiger partial charge in [0, 0.05) is 37.7 Å². The number of likely N-dealkylation sites (N-methyl/N-ethyl adjacent to an activating group) is 1. The van der Waals surface area contributed by atoms with Crippen LogP contribution in [0.4, 0.5) is 0 Å². The molecule has 2 N–H and O–H groups in total. The van der Waals surface area contributed by atoms with E-state index in [-0.39, 0.29) is 29.7 Å². The van der Waals surface area contributed by atoms with Gasteiger partial charge in [-0.15, -0.1) is 0 Å². The smallest absolute Gasteiger partial charge is 0.257 e. The van der Waals surface area contributed by atoms with Gasteiger partial charge in [0.2, 0.25) is 5.91 Å². The lowest BCUT2D eigenvalue weighted by molar-refractivity contribution is -0.132. The maximum atomic E-state index is 12.3. The van der Waals surface area contributed by atoms with E-state index in [0.717, 1.165) is 13.1 Å². The number of hydrogen-bond acceptors (Lipinski definition) is 4. The average Bonchev–Trinajstić information content (AvgIpc) is 2.47. The van der Waals surface area contributed by atoms with Crippen molar-refractivity contribution in [2.45, 2.75) is 0 Å². The predicted octanol–water partition coefficient (Wildman–Crippen LogP) is 0.659. The topological polar surface area (TPSA) is 72.9 Å². The quantitative estimate of drug-likeness (QED) is 0.835. The van der Waals surface area contributed by atoms with Crippen molar-refractivity contribution >= 4 is 27.7 Å². The molecule has 0 saturated carbocycles. The first-order valence-electron chi connectivity index (χ1n) is 6.71. The van der Waals surface area contributed by atoms with Crippen molar-refractivity contribution in [2.75, 3.05) is 39.8 Å². The fraction of sp³-hybridized carbons (Fsp3) is 0.429. The van der Waals surface area contributed by atoms with Gasteiger partial charge in [-0.05, 0) is 18.2 Å². The Balaban J connectivity index is 2.00. The van der Waals surface area contributed by atoms with Gasteiger partial charge in [-0.25, -0.2) is 0 Å². The van der Waals surface area contributed by atoms with Gasteiger partial charge in [-0.2, -0.15) is 0 Å². The number of carbonyl (C=O) groups excluding carboxylic acids is 2. The number of hydrogen-bond donors (Lipinski definition) is 2. The van der Waals surface area contributed by atoms with Gasteiger partial charge in [-0.3, -0.25) is 9.59 Å². The SMILES string of the molecule is CN(CC(=O)N1CCNCC1)C(=O)c1ccc(Br)cc1O. The van der Waals surface area contributed by atoms with Gasteiger partial charge in [0.15, 0.2) is 0 Å². The third-order valence-corrected chi connectivity index (χ3v) is 3.87. The molecule has 0 aliphatic carbocycles. The number of benzene rings is 1. The van der Waals surface area contributed by atoms with Gasteiger partial charge in [0.25, 0.3) is 5.91 Å². The Morgan fingerprint density at radius 2 is 2.05 bits per heavy atom. The molecule has 0 unspecified atom stereocenters. The Morgan fingerprint density at radius 3 is 2.67 bits per heavy atom. The van der Waals surface area contributed by atoms with Gasteiger partial charge in [0.05, 0.1) is 12.1 Å². The minimum absolute atomic E-state index is 0.00827. The monoisotopic (exact) mass is 355 g/mol. The predicted molar refractivity (Wildman–Crippen MR) is 82.2 cm³/mol. The first-order valence-corrected chi connectivity index (χ1v) is 7.51. The lowest BCUT2D eigenvalue weighted by atomic mass is 10.2. The number of halogens is 1. The average molecular weight is 356 g/mol. The molecule has 114 valence electrons. The molecule has 0 aromatic heterocycles. The fourth-order valence-electron chi connectivity index (χ4n) is 2.18.